The van der Waals surface area contributed by atoms with Crippen molar-refractivity contribution in [1.82, 2.24) is 19.8 Å². The minimum atomic E-state index is 0.284. The lowest BCUT2D eigenvalue weighted by atomic mass is 10.0. The van der Waals surface area contributed by atoms with Gasteiger partial charge in [-0.05, 0) is 44.4 Å². The van der Waals surface area contributed by atoms with Crippen molar-refractivity contribution in [2.24, 2.45) is 0 Å². The molecule has 1 atom stereocenters. The zero-order chi connectivity index (χ0) is 18.8. The van der Waals surface area contributed by atoms with Crippen LogP contribution in [0.25, 0.3) is 10.9 Å². The molecule has 2 aromatic rings. The van der Waals surface area contributed by atoms with Gasteiger partial charge in [0.2, 0.25) is 5.91 Å². The largest absolute Gasteiger partial charge is 0.353 e. The Morgan fingerprint density at radius 2 is 1.96 bits per heavy atom. The lowest BCUT2D eigenvalue weighted by Crippen LogP contribution is -2.52. The van der Waals surface area contributed by atoms with Crippen molar-refractivity contribution in [1.29, 1.82) is 0 Å². The average Bonchev–Trinajstić information content (AvgIpc) is 2.68. The molecule has 4 rings (SSSR count). The first-order valence-corrected chi connectivity index (χ1v) is 10.6. The van der Waals surface area contributed by atoms with Gasteiger partial charge in [0, 0.05) is 48.6 Å². The fourth-order valence-electron chi connectivity index (χ4n) is 4.14. The molecule has 0 aliphatic carbocycles. The molecule has 1 unspecified atom stereocenters. The van der Waals surface area contributed by atoms with E-state index in [1.54, 1.807) is 6.33 Å². The molecule has 1 aromatic carbocycles. The van der Waals surface area contributed by atoms with Gasteiger partial charge in [0.05, 0.1) is 12.1 Å². The number of benzene rings is 1. The monoisotopic (exact) mass is 431 g/mol. The number of aromatic nitrogens is 2. The van der Waals surface area contributed by atoms with Crippen molar-refractivity contribution in [2.45, 2.75) is 32.2 Å². The Labute approximate surface area is 168 Å². The maximum absolute atomic E-state index is 12.7. The number of rotatable bonds is 3. The summed E-state index contributed by atoms with van der Waals surface area (Å²) in [5.74, 6) is 1.27. The zero-order valence-corrected chi connectivity index (χ0v) is 17.4. The molecule has 7 heteroatoms. The summed E-state index contributed by atoms with van der Waals surface area (Å²) in [6.07, 6.45) is 5.15. The van der Waals surface area contributed by atoms with Crippen LogP contribution >= 0.6 is 15.9 Å². The van der Waals surface area contributed by atoms with Crippen LogP contribution in [-0.2, 0) is 4.79 Å². The SMILES string of the molecule is CC1CCCCN1C(=O)CN1CCN(c2ncnc3ccc(Br)cc23)CC1. The molecule has 3 heterocycles. The van der Waals surface area contributed by atoms with Gasteiger partial charge >= 0.3 is 0 Å². The van der Waals surface area contributed by atoms with Crippen LogP contribution in [0.15, 0.2) is 29.0 Å². The van der Waals surface area contributed by atoms with E-state index in [1.807, 2.05) is 12.1 Å². The van der Waals surface area contributed by atoms with Gasteiger partial charge in [-0.1, -0.05) is 15.9 Å². The summed E-state index contributed by atoms with van der Waals surface area (Å²) in [4.78, 5) is 28.3. The van der Waals surface area contributed by atoms with Crippen molar-refractivity contribution < 1.29 is 4.79 Å². The Morgan fingerprint density at radius 1 is 1.15 bits per heavy atom. The van der Waals surface area contributed by atoms with E-state index in [2.05, 4.69) is 53.6 Å². The normalized spacial score (nSPS) is 21.6. The molecule has 0 radical (unpaired) electrons. The summed E-state index contributed by atoms with van der Waals surface area (Å²) in [7, 11) is 0. The van der Waals surface area contributed by atoms with Gasteiger partial charge in [-0.15, -0.1) is 0 Å². The molecule has 2 saturated heterocycles. The molecule has 0 saturated carbocycles. The summed E-state index contributed by atoms with van der Waals surface area (Å²) < 4.78 is 1.03. The summed E-state index contributed by atoms with van der Waals surface area (Å²) in [5, 5.41) is 1.07. The van der Waals surface area contributed by atoms with Crippen LogP contribution in [0.5, 0.6) is 0 Å². The Balaban J connectivity index is 1.39. The molecule has 0 bridgehead atoms. The van der Waals surface area contributed by atoms with E-state index in [4.69, 9.17) is 0 Å². The van der Waals surface area contributed by atoms with E-state index in [-0.39, 0.29) is 5.91 Å². The van der Waals surface area contributed by atoms with Gasteiger partial charge in [0.25, 0.3) is 0 Å². The zero-order valence-electron chi connectivity index (χ0n) is 15.8. The molecular formula is C20H26BrN5O. The molecular weight excluding hydrogens is 406 g/mol. The molecule has 1 amide bonds. The highest BCUT2D eigenvalue weighted by Gasteiger charge is 2.27. The highest BCUT2D eigenvalue weighted by atomic mass is 79.9. The lowest BCUT2D eigenvalue weighted by molar-refractivity contribution is -0.135. The number of fused-ring (bicyclic) bond motifs is 1. The van der Waals surface area contributed by atoms with Gasteiger partial charge in [0.1, 0.15) is 12.1 Å². The number of hydrogen-bond donors (Lipinski definition) is 0. The van der Waals surface area contributed by atoms with Gasteiger partial charge in [-0.3, -0.25) is 9.69 Å². The van der Waals surface area contributed by atoms with E-state index in [0.717, 1.165) is 66.8 Å². The average molecular weight is 432 g/mol. The third-order valence-electron chi connectivity index (χ3n) is 5.73. The fraction of sp³-hybridized carbons (Fsp3) is 0.550. The van der Waals surface area contributed by atoms with Crippen LogP contribution in [0.4, 0.5) is 5.82 Å². The fourth-order valence-corrected chi connectivity index (χ4v) is 4.50. The number of piperidine rings is 1. The first-order chi connectivity index (χ1) is 13.1. The van der Waals surface area contributed by atoms with Crippen molar-refractivity contribution in [3.8, 4) is 0 Å². The second-order valence-electron chi connectivity index (χ2n) is 7.55. The van der Waals surface area contributed by atoms with Crippen LogP contribution in [0.3, 0.4) is 0 Å². The maximum Gasteiger partial charge on any atom is 0.236 e. The smallest absolute Gasteiger partial charge is 0.236 e. The summed E-state index contributed by atoms with van der Waals surface area (Å²) in [6.45, 7) is 7.15. The Morgan fingerprint density at radius 3 is 2.74 bits per heavy atom. The summed E-state index contributed by atoms with van der Waals surface area (Å²) in [6, 6.07) is 6.49. The topological polar surface area (TPSA) is 52.6 Å². The van der Waals surface area contributed by atoms with Crippen molar-refractivity contribution in [3.05, 3.63) is 29.0 Å². The van der Waals surface area contributed by atoms with Gasteiger partial charge < -0.3 is 9.80 Å². The van der Waals surface area contributed by atoms with Crippen LogP contribution in [-0.4, -0.2) is 71.0 Å². The second-order valence-corrected chi connectivity index (χ2v) is 8.47. The number of likely N-dealkylation sites (tertiary alicyclic amines) is 1. The van der Waals surface area contributed by atoms with E-state index in [1.165, 1.54) is 6.42 Å². The van der Waals surface area contributed by atoms with E-state index < -0.39 is 0 Å². The third kappa shape index (κ3) is 4.09. The third-order valence-corrected chi connectivity index (χ3v) is 6.22. The first-order valence-electron chi connectivity index (χ1n) is 9.79. The summed E-state index contributed by atoms with van der Waals surface area (Å²) >= 11 is 3.55. The van der Waals surface area contributed by atoms with Gasteiger partial charge in [-0.25, -0.2) is 9.97 Å². The molecule has 2 fully saturated rings. The molecule has 27 heavy (non-hydrogen) atoms. The number of carbonyl (C=O) groups excluding carboxylic acids is 1. The predicted molar refractivity (Wildman–Crippen MR) is 111 cm³/mol. The maximum atomic E-state index is 12.7. The number of carbonyl (C=O) groups is 1. The molecule has 6 nitrogen and oxygen atoms in total. The van der Waals surface area contributed by atoms with Crippen LogP contribution in [0.1, 0.15) is 26.2 Å². The number of anilines is 1. The summed E-state index contributed by atoms with van der Waals surface area (Å²) in [5.41, 5.74) is 0.958. The molecule has 0 spiro atoms. The number of nitrogens with zero attached hydrogens (tertiary/aromatic N) is 5. The molecule has 2 aliphatic rings. The van der Waals surface area contributed by atoms with E-state index in [9.17, 15) is 4.79 Å². The second kappa shape index (κ2) is 8.10. The van der Waals surface area contributed by atoms with Gasteiger partial charge in [-0.2, -0.15) is 0 Å². The number of hydrogen-bond acceptors (Lipinski definition) is 5. The molecule has 0 N–H and O–H groups in total. The molecule has 1 aromatic heterocycles. The van der Waals surface area contributed by atoms with E-state index in [0.29, 0.717) is 12.6 Å². The number of halogens is 1. The van der Waals surface area contributed by atoms with Crippen molar-refractivity contribution in [2.75, 3.05) is 44.2 Å². The van der Waals surface area contributed by atoms with Crippen LogP contribution in [0.2, 0.25) is 0 Å². The Bertz CT molecular complexity index is 821. The first kappa shape index (κ1) is 18.6. The highest BCUT2D eigenvalue weighted by Crippen LogP contribution is 2.27. The standard InChI is InChI=1S/C20H26BrN5O/c1-15-4-2-3-7-26(15)19(27)13-24-8-10-25(11-9-24)20-17-12-16(21)5-6-18(17)22-14-23-20/h5-6,12,14-15H,2-4,7-11,13H2,1H3. The van der Waals surface area contributed by atoms with Gasteiger partial charge in [0.15, 0.2) is 0 Å². The van der Waals surface area contributed by atoms with Crippen LogP contribution in [0, 0.1) is 0 Å². The molecule has 2 aliphatic heterocycles. The minimum absolute atomic E-state index is 0.284. The predicted octanol–water partition coefficient (Wildman–Crippen LogP) is 2.92. The van der Waals surface area contributed by atoms with Crippen molar-refractivity contribution in [3.63, 3.8) is 0 Å². The van der Waals surface area contributed by atoms with Crippen LogP contribution < -0.4 is 4.90 Å². The van der Waals surface area contributed by atoms with E-state index >= 15 is 0 Å². The number of piperazine rings is 1. The van der Waals surface area contributed by atoms with Crippen molar-refractivity contribution >= 4 is 38.6 Å². The minimum Gasteiger partial charge on any atom is -0.353 e. The highest BCUT2D eigenvalue weighted by molar-refractivity contribution is 9.10. The molecule has 144 valence electrons. The lowest BCUT2D eigenvalue weighted by Gasteiger charge is -2.38. The quantitative estimate of drug-likeness (QED) is 0.747. The Kier molecular flexibility index (Phi) is 5.59. The Hall–Kier alpha value is -1.73. The number of amides is 1.